The van der Waals surface area contributed by atoms with Crippen LogP contribution in [-0.4, -0.2) is 57.1 Å². The predicted molar refractivity (Wildman–Crippen MR) is 107 cm³/mol. The maximum Gasteiger partial charge on any atom is 0.154 e. The SMILES string of the molecule is CCCn1cc(-c2cc3nccnc3c(NC[C@@H]3CNCCO3)n2)cn1.Cl. The molecule has 3 aromatic rings. The monoisotopic (exact) mass is 389 g/mol. The number of fused-ring (bicyclic) bond motifs is 1. The highest BCUT2D eigenvalue weighted by molar-refractivity contribution is 5.88. The molecule has 0 spiro atoms. The van der Waals surface area contributed by atoms with Crippen LogP contribution in [0.25, 0.3) is 22.3 Å². The summed E-state index contributed by atoms with van der Waals surface area (Å²) in [5, 5.41) is 11.1. The molecule has 9 heteroatoms. The van der Waals surface area contributed by atoms with Gasteiger partial charge in [-0.2, -0.15) is 5.10 Å². The summed E-state index contributed by atoms with van der Waals surface area (Å²) in [5.41, 5.74) is 3.39. The minimum atomic E-state index is 0. The summed E-state index contributed by atoms with van der Waals surface area (Å²) in [4.78, 5) is 13.7. The van der Waals surface area contributed by atoms with Gasteiger partial charge in [0, 0.05) is 50.3 Å². The summed E-state index contributed by atoms with van der Waals surface area (Å²) >= 11 is 0. The molecule has 0 aliphatic carbocycles. The number of aromatic nitrogens is 5. The topological polar surface area (TPSA) is 89.8 Å². The Morgan fingerprint density at radius 3 is 3.04 bits per heavy atom. The highest BCUT2D eigenvalue weighted by Gasteiger charge is 2.16. The minimum Gasteiger partial charge on any atom is -0.374 e. The van der Waals surface area contributed by atoms with Crippen molar-refractivity contribution >= 4 is 29.3 Å². The molecule has 1 aliphatic heterocycles. The second kappa shape index (κ2) is 9.07. The lowest BCUT2D eigenvalue weighted by atomic mass is 10.2. The van der Waals surface area contributed by atoms with E-state index >= 15 is 0 Å². The van der Waals surface area contributed by atoms with Crippen LogP contribution in [0.5, 0.6) is 0 Å². The van der Waals surface area contributed by atoms with Crippen molar-refractivity contribution in [2.45, 2.75) is 26.0 Å². The van der Waals surface area contributed by atoms with E-state index in [9.17, 15) is 0 Å². The zero-order valence-corrected chi connectivity index (χ0v) is 16.1. The van der Waals surface area contributed by atoms with Gasteiger partial charge in [-0.3, -0.25) is 9.67 Å². The van der Waals surface area contributed by atoms with E-state index in [-0.39, 0.29) is 18.5 Å². The largest absolute Gasteiger partial charge is 0.374 e. The molecule has 8 nitrogen and oxygen atoms in total. The van der Waals surface area contributed by atoms with Crippen molar-refractivity contribution in [3.63, 3.8) is 0 Å². The molecule has 0 amide bonds. The summed E-state index contributed by atoms with van der Waals surface area (Å²) in [6.45, 7) is 6.17. The van der Waals surface area contributed by atoms with Gasteiger partial charge < -0.3 is 15.4 Å². The highest BCUT2D eigenvalue weighted by Crippen LogP contribution is 2.25. The molecule has 27 heavy (non-hydrogen) atoms. The van der Waals surface area contributed by atoms with E-state index in [1.54, 1.807) is 12.4 Å². The van der Waals surface area contributed by atoms with Crippen molar-refractivity contribution in [3.8, 4) is 11.3 Å². The van der Waals surface area contributed by atoms with Crippen LogP contribution in [0.3, 0.4) is 0 Å². The molecule has 4 rings (SSSR count). The third kappa shape index (κ3) is 4.52. The first kappa shape index (κ1) is 19.5. The number of hydrogen-bond donors (Lipinski definition) is 2. The van der Waals surface area contributed by atoms with Crippen LogP contribution >= 0.6 is 12.4 Å². The number of rotatable bonds is 6. The molecule has 2 N–H and O–H groups in total. The third-order valence-corrected chi connectivity index (χ3v) is 4.34. The number of morpholine rings is 1. The van der Waals surface area contributed by atoms with Gasteiger partial charge in [-0.1, -0.05) is 6.92 Å². The number of ether oxygens (including phenoxy) is 1. The van der Waals surface area contributed by atoms with E-state index in [4.69, 9.17) is 9.72 Å². The van der Waals surface area contributed by atoms with Crippen molar-refractivity contribution in [1.29, 1.82) is 0 Å². The van der Waals surface area contributed by atoms with E-state index < -0.39 is 0 Å². The maximum atomic E-state index is 5.75. The minimum absolute atomic E-state index is 0. The first-order valence-corrected chi connectivity index (χ1v) is 9.04. The first-order chi connectivity index (χ1) is 12.8. The Bertz CT molecular complexity index is 879. The lowest BCUT2D eigenvalue weighted by molar-refractivity contribution is 0.0372. The molecular weight excluding hydrogens is 366 g/mol. The quantitative estimate of drug-likeness (QED) is 0.667. The lowest BCUT2D eigenvalue weighted by Gasteiger charge is -2.24. The number of halogens is 1. The molecule has 0 unspecified atom stereocenters. The fraction of sp³-hybridized carbons (Fsp3) is 0.444. The average Bonchev–Trinajstić information content (AvgIpc) is 3.16. The van der Waals surface area contributed by atoms with Crippen molar-refractivity contribution in [2.75, 3.05) is 31.6 Å². The molecule has 0 bridgehead atoms. The number of anilines is 1. The van der Waals surface area contributed by atoms with Crippen LogP contribution in [0.1, 0.15) is 13.3 Å². The molecule has 0 aromatic carbocycles. The maximum absolute atomic E-state index is 5.75. The number of nitrogens with zero attached hydrogens (tertiary/aromatic N) is 5. The summed E-state index contributed by atoms with van der Waals surface area (Å²) in [6, 6.07) is 1.96. The number of aryl methyl sites for hydroxylation is 1. The molecule has 1 atom stereocenters. The van der Waals surface area contributed by atoms with Crippen LogP contribution in [0.4, 0.5) is 5.82 Å². The van der Waals surface area contributed by atoms with Gasteiger partial charge in [0.15, 0.2) is 5.82 Å². The molecule has 3 aromatic heterocycles. The standard InChI is InChI=1S/C18H23N7O.ClH/c1-2-6-25-12-13(9-23-25)15-8-16-17(21-4-3-20-16)18(24-15)22-11-14-10-19-5-7-26-14;/h3-4,8-9,12,14,19H,2,5-7,10-11H2,1H3,(H,22,24);1H/t14-;/m0./s1. The fourth-order valence-electron chi connectivity index (χ4n) is 3.05. The average molecular weight is 390 g/mol. The van der Waals surface area contributed by atoms with Crippen molar-refractivity contribution in [1.82, 2.24) is 30.0 Å². The van der Waals surface area contributed by atoms with Crippen molar-refractivity contribution < 1.29 is 4.74 Å². The smallest absolute Gasteiger partial charge is 0.154 e. The van der Waals surface area contributed by atoms with Gasteiger partial charge >= 0.3 is 0 Å². The third-order valence-electron chi connectivity index (χ3n) is 4.34. The zero-order chi connectivity index (χ0) is 17.8. The molecule has 0 saturated carbocycles. The molecular formula is C18H24ClN7O. The first-order valence-electron chi connectivity index (χ1n) is 9.04. The van der Waals surface area contributed by atoms with Crippen LogP contribution < -0.4 is 10.6 Å². The Morgan fingerprint density at radius 2 is 2.22 bits per heavy atom. The van der Waals surface area contributed by atoms with E-state index in [1.807, 2.05) is 23.1 Å². The van der Waals surface area contributed by atoms with Gasteiger partial charge in [-0.25, -0.2) is 9.97 Å². The second-order valence-corrected chi connectivity index (χ2v) is 6.35. The van der Waals surface area contributed by atoms with Gasteiger partial charge in [0.25, 0.3) is 0 Å². The fourth-order valence-corrected chi connectivity index (χ4v) is 3.05. The van der Waals surface area contributed by atoms with E-state index in [2.05, 4.69) is 32.6 Å². The summed E-state index contributed by atoms with van der Waals surface area (Å²) in [7, 11) is 0. The molecule has 1 fully saturated rings. The molecule has 4 heterocycles. The molecule has 1 aliphatic rings. The number of hydrogen-bond acceptors (Lipinski definition) is 7. The predicted octanol–water partition coefficient (Wildman–Crippen LogP) is 2.12. The Hall–Kier alpha value is -2.29. The van der Waals surface area contributed by atoms with Gasteiger partial charge in [-0.05, 0) is 12.5 Å². The zero-order valence-electron chi connectivity index (χ0n) is 15.3. The van der Waals surface area contributed by atoms with Crippen LogP contribution in [0, 0.1) is 0 Å². The van der Waals surface area contributed by atoms with Gasteiger partial charge in [0.05, 0.1) is 30.1 Å². The van der Waals surface area contributed by atoms with E-state index in [0.29, 0.717) is 6.54 Å². The van der Waals surface area contributed by atoms with Gasteiger partial charge in [0.1, 0.15) is 5.52 Å². The van der Waals surface area contributed by atoms with Crippen LogP contribution in [0.15, 0.2) is 30.9 Å². The van der Waals surface area contributed by atoms with Gasteiger partial charge in [-0.15, -0.1) is 12.4 Å². The highest BCUT2D eigenvalue weighted by atomic mass is 35.5. The summed E-state index contributed by atoms with van der Waals surface area (Å²) < 4.78 is 7.69. The number of pyridine rings is 1. The van der Waals surface area contributed by atoms with E-state index in [0.717, 1.165) is 60.8 Å². The lowest BCUT2D eigenvalue weighted by Crippen LogP contribution is -2.42. The Labute approximate surface area is 164 Å². The Morgan fingerprint density at radius 1 is 1.33 bits per heavy atom. The molecule has 1 saturated heterocycles. The Kier molecular flexibility index (Phi) is 6.54. The van der Waals surface area contributed by atoms with Crippen molar-refractivity contribution in [2.24, 2.45) is 0 Å². The van der Waals surface area contributed by atoms with Crippen molar-refractivity contribution in [3.05, 3.63) is 30.9 Å². The summed E-state index contributed by atoms with van der Waals surface area (Å²) in [5.74, 6) is 0.725. The Balaban J connectivity index is 0.00000210. The van der Waals surface area contributed by atoms with Gasteiger partial charge in [0.2, 0.25) is 0 Å². The van der Waals surface area contributed by atoms with E-state index in [1.165, 1.54) is 0 Å². The van der Waals surface area contributed by atoms with Crippen LogP contribution in [0.2, 0.25) is 0 Å². The summed E-state index contributed by atoms with van der Waals surface area (Å²) in [6.07, 6.45) is 8.41. The second-order valence-electron chi connectivity index (χ2n) is 6.35. The molecule has 144 valence electrons. The molecule has 0 radical (unpaired) electrons. The normalized spacial score (nSPS) is 16.9. The van der Waals surface area contributed by atoms with Crippen LogP contribution in [-0.2, 0) is 11.3 Å². The number of nitrogens with one attached hydrogen (secondary N) is 2.